The van der Waals surface area contributed by atoms with E-state index in [1.54, 1.807) is 47.9 Å². The molecule has 6 rings (SSSR count). The topological polar surface area (TPSA) is 115 Å². The number of benzene rings is 2. The van der Waals surface area contributed by atoms with Crippen LogP contribution in [0.2, 0.25) is 0 Å². The van der Waals surface area contributed by atoms with Crippen LogP contribution in [0, 0.1) is 6.92 Å². The third kappa shape index (κ3) is 4.42. The first-order valence-electron chi connectivity index (χ1n) is 13.4. The molecular weight excluding hydrogens is 556 g/mol. The van der Waals surface area contributed by atoms with Crippen molar-refractivity contribution < 1.29 is 28.9 Å². The number of carbonyl (C=O) groups is 2. The molecule has 1 atom stereocenters. The second kappa shape index (κ2) is 10.8. The molecule has 0 saturated carbocycles. The number of Topliss-reactive ketones (excluding diaryl/α,β-unsaturated/α-hetero) is 1. The summed E-state index contributed by atoms with van der Waals surface area (Å²) in [5.41, 5.74) is 2.56. The Morgan fingerprint density at radius 2 is 1.81 bits per heavy atom. The minimum atomic E-state index is -1.00. The smallest absolute Gasteiger partial charge is 0.301 e. The molecule has 42 heavy (non-hydrogen) atoms. The molecule has 0 aliphatic carbocycles. The van der Waals surface area contributed by atoms with Gasteiger partial charge < -0.3 is 19.3 Å². The average molecular weight is 585 g/mol. The monoisotopic (exact) mass is 584 g/mol. The summed E-state index contributed by atoms with van der Waals surface area (Å²) in [6.07, 6.45) is 1.75. The van der Waals surface area contributed by atoms with E-state index in [2.05, 4.69) is 4.98 Å². The highest BCUT2D eigenvalue weighted by Crippen LogP contribution is 2.46. The van der Waals surface area contributed by atoms with Gasteiger partial charge in [-0.15, -0.1) is 0 Å². The Labute approximate surface area is 245 Å². The molecule has 0 bridgehead atoms. The molecule has 1 fully saturated rings. The van der Waals surface area contributed by atoms with E-state index in [9.17, 15) is 14.7 Å². The molecule has 1 amide bonds. The molecule has 0 radical (unpaired) electrons. The Morgan fingerprint density at radius 3 is 2.57 bits per heavy atom. The van der Waals surface area contributed by atoms with E-state index in [4.69, 9.17) is 19.2 Å². The molecular formula is C31H28N4O6S. The standard InChI is InChI=1S/C31H28N4O6S/c1-5-40-19-11-12-20-23(16-19)42-31(33-20)35-27(18-10-13-21(41-6-2)22(15-18)39-4)25(29(37)30(35)38)28(36)26-17(3)32-24-9-7-8-14-34(24)26/h7-16,27,36H,5-6H2,1-4H3. The van der Waals surface area contributed by atoms with Gasteiger partial charge in [0, 0.05) is 6.20 Å². The SMILES string of the molecule is CCOc1ccc2nc(N3C(=O)C(=O)C(=C(O)c4c(C)nc5ccccn45)C3c3ccc(OCC)c(OC)c3)sc2c1. The maximum atomic E-state index is 13.8. The molecule has 3 aromatic heterocycles. The number of imidazole rings is 1. The molecule has 11 heteroatoms. The lowest BCUT2D eigenvalue weighted by atomic mass is 9.96. The van der Waals surface area contributed by atoms with Gasteiger partial charge in [0.2, 0.25) is 0 Å². The van der Waals surface area contributed by atoms with Gasteiger partial charge in [-0.05, 0) is 68.8 Å². The van der Waals surface area contributed by atoms with E-state index < -0.39 is 17.7 Å². The average Bonchev–Trinajstić information content (AvgIpc) is 3.63. The van der Waals surface area contributed by atoms with Crippen molar-refractivity contribution in [1.29, 1.82) is 0 Å². The molecule has 10 nitrogen and oxygen atoms in total. The summed E-state index contributed by atoms with van der Waals surface area (Å²) < 4.78 is 19.4. The third-order valence-electron chi connectivity index (χ3n) is 7.04. The number of methoxy groups -OCH3 is 1. The maximum absolute atomic E-state index is 13.8. The van der Waals surface area contributed by atoms with Crippen LogP contribution in [0.5, 0.6) is 17.2 Å². The van der Waals surface area contributed by atoms with E-state index in [1.165, 1.54) is 23.3 Å². The molecule has 214 valence electrons. The molecule has 1 saturated heterocycles. The van der Waals surface area contributed by atoms with Gasteiger partial charge >= 0.3 is 5.91 Å². The predicted octanol–water partition coefficient (Wildman–Crippen LogP) is 5.68. The molecule has 2 aromatic carbocycles. The predicted molar refractivity (Wildman–Crippen MR) is 160 cm³/mol. The number of aryl methyl sites for hydroxylation is 1. The van der Waals surface area contributed by atoms with Crippen LogP contribution in [-0.2, 0) is 9.59 Å². The summed E-state index contributed by atoms with van der Waals surface area (Å²) in [4.78, 5) is 38.2. The van der Waals surface area contributed by atoms with Crippen LogP contribution >= 0.6 is 11.3 Å². The van der Waals surface area contributed by atoms with Gasteiger partial charge in [-0.1, -0.05) is 23.5 Å². The summed E-state index contributed by atoms with van der Waals surface area (Å²) in [5, 5.41) is 12.1. The quantitative estimate of drug-likeness (QED) is 0.141. The number of ketones is 1. The van der Waals surface area contributed by atoms with Gasteiger partial charge in [0.1, 0.15) is 17.1 Å². The Balaban J connectivity index is 1.58. The normalized spacial score (nSPS) is 16.5. The molecule has 4 heterocycles. The van der Waals surface area contributed by atoms with E-state index in [0.717, 1.165) is 4.70 Å². The van der Waals surface area contributed by atoms with Gasteiger partial charge in [0.25, 0.3) is 5.78 Å². The molecule has 1 aliphatic rings. The van der Waals surface area contributed by atoms with Crippen LogP contribution < -0.4 is 19.1 Å². The van der Waals surface area contributed by atoms with Crippen LogP contribution in [0.25, 0.3) is 21.6 Å². The highest BCUT2D eigenvalue weighted by atomic mass is 32.1. The number of hydrogen-bond acceptors (Lipinski definition) is 9. The Kier molecular flexibility index (Phi) is 7.03. The van der Waals surface area contributed by atoms with Crippen LogP contribution in [0.4, 0.5) is 5.13 Å². The van der Waals surface area contributed by atoms with E-state index in [-0.39, 0.29) is 11.3 Å². The number of aliphatic hydroxyl groups excluding tert-OH is 1. The van der Waals surface area contributed by atoms with E-state index >= 15 is 0 Å². The minimum absolute atomic E-state index is 0.0748. The molecule has 1 unspecified atom stereocenters. The Morgan fingerprint density at radius 1 is 1.00 bits per heavy atom. The fourth-order valence-electron chi connectivity index (χ4n) is 5.25. The van der Waals surface area contributed by atoms with Crippen molar-refractivity contribution in [3.63, 3.8) is 0 Å². The highest BCUT2D eigenvalue weighted by Gasteiger charge is 2.49. The zero-order chi connectivity index (χ0) is 29.5. The summed E-state index contributed by atoms with van der Waals surface area (Å²) in [6, 6.07) is 15.1. The van der Waals surface area contributed by atoms with Crippen LogP contribution in [-0.4, -0.2) is 51.5 Å². The Hall–Kier alpha value is -4.90. The van der Waals surface area contributed by atoms with Crippen molar-refractivity contribution >= 4 is 49.8 Å². The first kappa shape index (κ1) is 27.3. The number of pyridine rings is 1. The number of thiazole rings is 1. The second-order valence-corrected chi connectivity index (χ2v) is 10.6. The molecule has 0 spiro atoms. The van der Waals surface area contributed by atoms with Gasteiger partial charge in [-0.25, -0.2) is 9.97 Å². The summed E-state index contributed by atoms with van der Waals surface area (Å²) in [6.45, 7) is 6.45. The number of nitrogens with zero attached hydrogens (tertiary/aromatic N) is 4. The molecule has 5 aromatic rings. The number of ether oxygens (including phenoxy) is 3. The van der Waals surface area contributed by atoms with Crippen molar-refractivity contribution in [1.82, 2.24) is 14.4 Å². The summed E-state index contributed by atoms with van der Waals surface area (Å²) in [7, 11) is 1.52. The van der Waals surface area contributed by atoms with Crippen LogP contribution in [0.3, 0.4) is 0 Å². The van der Waals surface area contributed by atoms with Gasteiger partial charge in [0.05, 0.1) is 47.8 Å². The largest absolute Gasteiger partial charge is 0.505 e. The van der Waals surface area contributed by atoms with Crippen molar-refractivity contribution in [3.05, 3.63) is 83.3 Å². The highest BCUT2D eigenvalue weighted by molar-refractivity contribution is 7.22. The lowest BCUT2D eigenvalue weighted by molar-refractivity contribution is -0.132. The lowest BCUT2D eigenvalue weighted by Gasteiger charge is -2.24. The number of hydrogen-bond donors (Lipinski definition) is 1. The Bertz CT molecular complexity index is 1890. The number of aliphatic hydroxyl groups is 1. The fraction of sp³-hybridized carbons (Fsp3) is 0.226. The number of carbonyl (C=O) groups excluding carboxylic acids is 2. The van der Waals surface area contributed by atoms with Crippen molar-refractivity contribution in [2.75, 3.05) is 25.2 Å². The second-order valence-electron chi connectivity index (χ2n) is 9.55. The van der Waals surface area contributed by atoms with Gasteiger partial charge in [0.15, 0.2) is 22.4 Å². The van der Waals surface area contributed by atoms with Crippen molar-refractivity contribution in [2.24, 2.45) is 0 Å². The zero-order valence-corrected chi connectivity index (χ0v) is 24.3. The fourth-order valence-corrected chi connectivity index (χ4v) is 6.27. The zero-order valence-electron chi connectivity index (χ0n) is 23.5. The number of aromatic nitrogens is 3. The first-order valence-corrected chi connectivity index (χ1v) is 14.3. The van der Waals surface area contributed by atoms with E-state index in [0.29, 0.717) is 63.7 Å². The van der Waals surface area contributed by atoms with Crippen LogP contribution in [0.1, 0.15) is 36.8 Å². The molecule has 1 N–H and O–H groups in total. The summed E-state index contributed by atoms with van der Waals surface area (Å²) in [5.74, 6) is -0.337. The minimum Gasteiger partial charge on any atom is -0.505 e. The third-order valence-corrected chi connectivity index (χ3v) is 8.06. The van der Waals surface area contributed by atoms with Crippen molar-refractivity contribution in [2.45, 2.75) is 26.8 Å². The molecule has 1 aliphatic heterocycles. The van der Waals surface area contributed by atoms with Crippen LogP contribution in [0.15, 0.2) is 66.4 Å². The van der Waals surface area contributed by atoms with Crippen molar-refractivity contribution in [3.8, 4) is 17.2 Å². The number of fused-ring (bicyclic) bond motifs is 2. The van der Waals surface area contributed by atoms with Gasteiger partial charge in [-0.2, -0.15) is 0 Å². The maximum Gasteiger partial charge on any atom is 0.301 e. The summed E-state index contributed by atoms with van der Waals surface area (Å²) >= 11 is 1.26. The number of rotatable bonds is 8. The van der Waals surface area contributed by atoms with E-state index in [1.807, 2.05) is 38.1 Å². The first-order chi connectivity index (χ1) is 20.4. The number of anilines is 1. The van der Waals surface area contributed by atoms with Gasteiger partial charge in [-0.3, -0.25) is 18.9 Å². The number of amides is 1. The lowest BCUT2D eigenvalue weighted by Crippen LogP contribution is -2.29.